The molecular formula is C19H20ClFN2O3. The lowest BCUT2D eigenvalue weighted by Gasteiger charge is -2.23. The van der Waals surface area contributed by atoms with Crippen LogP contribution in [0.5, 0.6) is 5.75 Å². The van der Waals surface area contributed by atoms with E-state index in [0.717, 1.165) is 6.07 Å². The molecule has 2 N–H and O–H groups in total. The molecule has 0 aliphatic carbocycles. The quantitative estimate of drug-likeness (QED) is 0.728. The smallest absolute Gasteiger partial charge is 0.239 e. The molecule has 0 atom stereocenters. The molecule has 2 aromatic carbocycles. The van der Waals surface area contributed by atoms with Crippen molar-refractivity contribution in [3.63, 3.8) is 0 Å². The number of hydrogen-bond acceptors (Lipinski definition) is 3. The molecule has 0 bridgehead atoms. The van der Waals surface area contributed by atoms with Crippen LogP contribution in [0, 0.1) is 11.2 Å². The number of hydrogen-bond donors (Lipinski definition) is 2. The number of rotatable bonds is 6. The molecule has 0 saturated heterocycles. The molecule has 0 fully saturated rings. The molecular weight excluding hydrogens is 359 g/mol. The predicted molar refractivity (Wildman–Crippen MR) is 100 cm³/mol. The zero-order valence-corrected chi connectivity index (χ0v) is 15.5. The summed E-state index contributed by atoms with van der Waals surface area (Å²) in [6, 6.07) is 10.8. The Morgan fingerprint density at radius 2 is 1.77 bits per heavy atom. The van der Waals surface area contributed by atoms with Gasteiger partial charge in [0.1, 0.15) is 17.0 Å². The Morgan fingerprint density at radius 3 is 2.42 bits per heavy atom. The molecule has 0 heterocycles. The molecule has 0 aromatic heterocycles. The van der Waals surface area contributed by atoms with E-state index in [9.17, 15) is 14.0 Å². The van der Waals surface area contributed by atoms with E-state index in [1.165, 1.54) is 26.0 Å². The summed E-state index contributed by atoms with van der Waals surface area (Å²) in [5, 5.41) is 5.17. The normalized spacial score (nSPS) is 11.0. The molecule has 0 spiro atoms. The largest absolute Gasteiger partial charge is 0.492 e. The zero-order valence-electron chi connectivity index (χ0n) is 14.7. The van der Waals surface area contributed by atoms with Crippen molar-refractivity contribution < 1.29 is 18.7 Å². The molecule has 2 aromatic rings. The van der Waals surface area contributed by atoms with Crippen molar-refractivity contribution in [2.75, 3.05) is 17.2 Å². The first-order valence-electron chi connectivity index (χ1n) is 8.05. The van der Waals surface area contributed by atoms with Crippen molar-refractivity contribution in [1.82, 2.24) is 0 Å². The van der Waals surface area contributed by atoms with Gasteiger partial charge in [-0.1, -0.05) is 23.7 Å². The van der Waals surface area contributed by atoms with Gasteiger partial charge in [-0.2, -0.15) is 0 Å². The number of nitrogens with one attached hydrogen (secondary N) is 2. The van der Waals surface area contributed by atoms with Crippen LogP contribution in [0.2, 0.25) is 5.02 Å². The highest BCUT2D eigenvalue weighted by Crippen LogP contribution is 2.28. The number of ether oxygens (including phenoxy) is 1. The lowest BCUT2D eigenvalue weighted by Crippen LogP contribution is -2.41. The summed E-state index contributed by atoms with van der Waals surface area (Å²) in [5.74, 6) is -1.12. The molecule has 138 valence electrons. The van der Waals surface area contributed by atoms with E-state index < -0.39 is 23.0 Å². The van der Waals surface area contributed by atoms with E-state index >= 15 is 0 Å². The highest BCUT2D eigenvalue weighted by atomic mass is 35.5. The van der Waals surface area contributed by atoms with Crippen molar-refractivity contribution >= 4 is 34.8 Å². The number of para-hydroxylation sites is 2. The van der Waals surface area contributed by atoms with Crippen LogP contribution >= 0.6 is 11.6 Å². The number of amides is 2. The van der Waals surface area contributed by atoms with E-state index in [2.05, 4.69) is 10.6 Å². The van der Waals surface area contributed by atoms with Crippen LogP contribution in [0.1, 0.15) is 20.8 Å². The van der Waals surface area contributed by atoms with Crippen molar-refractivity contribution in [2.24, 2.45) is 5.41 Å². The molecule has 0 aliphatic rings. The van der Waals surface area contributed by atoms with Gasteiger partial charge in [-0.05, 0) is 51.1 Å². The van der Waals surface area contributed by atoms with Crippen LogP contribution in [-0.4, -0.2) is 18.4 Å². The Labute approximate surface area is 156 Å². The van der Waals surface area contributed by atoms with Gasteiger partial charge in [0.25, 0.3) is 0 Å². The van der Waals surface area contributed by atoms with Gasteiger partial charge in [0.05, 0.1) is 17.3 Å². The SMILES string of the molecule is CCOc1ccccc1NC(=O)C(C)(C)C(=O)Nc1ccc(F)c(Cl)c1. The Hall–Kier alpha value is -2.60. The molecule has 7 heteroatoms. The lowest BCUT2D eigenvalue weighted by molar-refractivity contribution is -0.135. The van der Waals surface area contributed by atoms with Crippen molar-refractivity contribution in [2.45, 2.75) is 20.8 Å². The van der Waals surface area contributed by atoms with Gasteiger partial charge in [0.2, 0.25) is 11.8 Å². The Morgan fingerprint density at radius 1 is 1.12 bits per heavy atom. The molecule has 0 aliphatic heterocycles. The number of halogens is 2. The summed E-state index contributed by atoms with van der Waals surface area (Å²) >= 11 is 5.71. The molecule has 0 radical (unpaired) electrons. The Kier molecular flexibility index (Phi) is 6.21. The summed E-state index contributed by atoms with van der Waals surface area (Å²) in [6.45, 7) is 5.27. The standard InChI is InChI=1S/C19H20ClFN2O3/c1-4-26-16-8-6-5-7-15(16)23-18(25)19(2,3)17(24)22-12-9-10-14(21)13(20)11-12/h5-11H,4H2,1-3H3,(H,22,24)(H,23,25). The maximum absolute atomic E-state index is 13.2. The molecule has 0 saturated carbocycles. The number of benzene rings is 2. The van der Waals surface area contributed by atoms with E-state index in [-0.39, 0.29) is 5.02 Å². The summed E-state index contributed by atoms with van der Waals surface area (Å²) in [5.41, 5.74) is -0.609. The highest BCUT2D eigenvalue weighted by Gasteiger charge is 2.36. The fourth-order valence-electron chi connectivity index (χ4n) is 2.09. The van der Waals surface area contributed by atoms with Gasteiger partial charge < -0.3 is 15.4 Å². The number of carbonyl (C=O) groups is 2. The van der Waals surface area contributed by atoms with Gasteiger partial charge in [-0.25, -0.2) is 4.39 Å². The van der Waals surface area contributed by atoms with E-state index in [1.54, 1.807) is 24.3 Å². The zero-order chi connectivity index (χ0) is 19.3. The Bertz CT molecular complexity index is 824. The lowest BCUT2D eigenvalue weighted by atomic mass is 9.90. The van der Waals surface area contributed by atoms with Crippen molar-refractivity contribution in [3.05, 3.63) is 53.3 Å². The maximum Gasteiger partial charge on any atom is 0.239 e. The third kappa shape index (κ3) is 4.52. The van der Waals surface area contributed by atoms with E-state index in [0.29, 0.717) is 23.7 Å². The highest BCUT2D eigenvalue weighted by molar-refractivity contribution is 6.31. The predicted octanol–water partition coefficient (Wildman–Crippen LogP) is 4.48. The average molecular weight is 379 g/mol. The second-order valence-electron chi connectivity index (χ2n) is 6.09. The van der Waals surface area contributed by atoms with Crippen molar-refractivity contribution in [3.8, 4) is 5.75 Å². The molecule has 5 nitrogen and oxygen atoms in total. The molecule has 2 rings (SSSR count). The minimum atomic E-state index is -1.39. The van der Waals surface area contributed by atoms with Crippen LogP contribution in [0.15, 0.2) is 42.5 Å². The Balaban J connectivity index is 2.13. The summed E-state index contributed by atoms with van der Waals surface area (Å²) < 4.78 is 18.7. The minimum Gasteiger partial charge on any atom is -0.492 e. The maximum atomic E-state index is 13.2. The molecule has 26 heavy (non-hydrogen) atoms. The number of carbonyl (C=O) groups excluding carboxylic acids is 2. The van der Waals surface area contributed by atoms with Gasteiger partial charge in [0.15, 0.2) is 0 Å². The number of anilines is 2. The van der Waals surface area contributed by atoms with E-state index in [1.807, 2.05) is 6.92 Å². The first kappa shape index (κ1) is 19.7. The van der Waals surface area contributed by atoms with Crippen LogP contribution in [0.4, 0.5) is 15.8 Å². The van der Waals surface area contributed by atoms with Crippen molar-refractivity contribution in [1.29, 1.82) is 0 Å². The second kappa shape index (κ2) is 8.19. The van der Waals surface area contributed by atoms with Crippen LogP contribution in [0.3, 0.4) is 0 Å². The summed E-state index contributed by atoms with van der Waals surface area (Å²) in [6.07, 6.45) is 0. The first-order chi connectivity index (χ1) is 12.3. The summed E-state index contributed by atoms with van der Waals surface area (Å²) in [4.78, 5) is 25.2. The monoisotopic (exact) mass is 378 g/mol. The average Bonchev–Trinajstić information content (AvgIpc) is 2.60. The molecule has 0 unspecified atom stereocenters. The van der Waals surface area contributed by atoms with Crippen LogP contribution in [0.25, 0.3) is 0 Å². The summed E-state index contributed by atoms with van der Waals surface area (Å²) in [7, 11) is 0. The van der Waals surface area contributed by atoms with Crippen LogP contribution in [-0.2, 0) is 9.59 Å². The third-order valence-electron chi connectivity index (χ3n) is 3.75. The first-order valence-corrected chi connectivity index (χ1v) is 8.43. The molecule has 2 amide bonds. The second-order valence-corrected chi connectivity index (χ2v) is 6.50. The minimum absolute atomic E-state index is 0.115. The fraction of sp³-hybridized carbons (Fsp3) is 0.263. The van der Waals surface area contributed by atoms with Gasteiger partial charge in [-0.15, -0.1) is 0 Å². The van der Waals surface area contributed by atoms with Crippen LogP contribution < -0.4 is 15.4 Å². The third-order valence-corrected chi connectivity index (χ3v) is 4.04. The fourth-order valence-corrected chi connectivity index (χ4v) is 2.27. The van der Waals surface area contributed by atoms with Gasteiger partial charge in [0, 0.05) is 5.69 Å². The van der Waals surface area contributed by atoms with Gasteiger partial charge >= 0.3 is 0 Å². The van der Waals surface area contributed by atoms with Gasteiger partial charge in [-0.3, -0.25) is 9.59 Å². The van der Waals surface area contributed by atoms with E-state index in [4.69, 9.17) is 16.3 Å². The topological polar surface area (TPSA) is 67.4 Å².